The summed E-state index contributed by atoms with van der Waals surface area (Å²) < 4.78 is 24.9. The van der Waals surface area contributed by atoms with Gasteiger partial charge in [-0.2, -0.15) is 0 Å². The Labute approximate surface area is 442 Å². The zero-order valence-electron chi connectivity index (χ0n) is 42.2. The van der Waals surface area contributed by atoms with Crippen molar-refractivity contribution in [2.75, 3.05) is 66.7 Å². The smallest absolute Gasteiger partial charge is 0.195 e. The molecule has 0 unspecified atom stereocenters. The molecule has 2 saturated heterocycles. The second-order valence-corrected chi connectivity index (χ2v) is 20.7. The number of hydrogen-bond donors (Lipinski definition) is 1. The zero-order chi connectivity index (χ0) is 51.4. The molecule has 2 aliphatic rings. The second-order valence-electron chi connectivity index (χ2n) is 18.6. The van der Waals surface area contributed by atoms with Crippen molar-refractivity contribution >= 4 is 60.5 Å². The van der Waals surface area contributed by atoms with E-state index in [2.05, 4.69) is 28.4 Å². The number of piperidine rings is 2. The monoisotopic (exact) mass is 1020 g/mol. The normalized spacial score (nSPS) is 13.9. The molecule has 9 nitrogen and oxygen atoms in total. The average Bonchev–Trinajstić information content (AvgIpc) is 4.04. The van der Waals surface area contributed by atoms with Gasteiger partial charge in [-0.15, -0.1) is 29.1 Å². The molecule has 0 spiro atoms. The fraction of sp³-hybridized carbons (Fsp3) is 0.270. The molecule has 378 valence electrons. The Kier molecular flexibility index (Phi) is 17.2. The Hall–Kier alpha value is -7.20. The number of terminal acetylenes is 1. The molecule has 1 N–H and O–H groups in total. The third kappa shape index (κ3) is 12.2. The van der Waals surface area contributed by atoms with E-state index in [1.54, 1.807) is 37.7 Å². The summed E-state index contributed by atoms with van der Waals surface area (Å²) in [5, 5.41) is 11.5. The molecule has 11 heteroatoms. The number of hydrogen-bond acceptors (Lipinski definition) is 11. The van der Waals surface area contributed by atoms with Crippen molar-refractivity contribution in [1.29, 1.82) is 0 Å². The maximum Gasteiger partial charge on any atom is 0.195 e. The molecular formula is C63H62N2O7S2. The first-order valence-corrected chi connectivity index (χ1v) is 27.1. The maximum atomic E-state index is 14.0. The molecule has 8 aromatic rings. The summed E-state index contributed by atoms with van der Waals surface area (Å²) in [5.74, 6) is 5.62. The first-order valence-electron chi connectivity index (χ1n) is 25.5. The Morgan fingerprint density at radius 3 is 1.70 bits per heavy atom. The lowest BCUT2D eigenvalue weighted by Crippen LogP contribution is -2.33. The number of benzene rings is 6. The van der Waals surface area contributed by atoms with Gasteiger partial charge in [0.05, 0.1) is 20.8 Å². The van der Waals surface area contributed by atoms with Crippen LogP contribution in [0.4, 0.5) is 0 Å². The van der Waals surface area contributed by atoms with Crippen molar-refractivity contribution in [2.45, 2.75) is 44.9 Å². The van der Waals surface area contributed by atoms with Crippen LogP contribution in [0.5, 0.6) is 28.7 Å². The molecule has 0 saturated carbocycles. The van der Waals surface area contributed by atoms with E-state index in [9.17, 15) is 14.7 Å². The van der Waals surface area contributed by atoms with E-state index < -0.39 is 0 Å². The molecule has 6 aromatic carbocycles. The minimum atomic E-state index is -0.0468. The van der Waals surface area contributed by atoms with Gasteiger partial charge in [-0.1, -0.05) is 49.6 Å². The average molecular weight is 1020 g/mol. The molecule has 0 amide bonds. The lowest BCUT2D eigenvalue weighted by molar-refractivity contribution is 0.103. The van der Waals surface area contributed by atoms with Gasteiger partial charge in [0.25, 0.3) is 0 Å². The van der Waals surface area contributed by atoms with E-state index >= 15 is 0 Å². The van der Waals surface area contributed by atoms with E-state index in [0.717, 1.165) is 96.3 Å². The summed E-state index contributed by atoms with van der Waals surface area (Å²) in [6, 6.07) is 39.5. The molecule has 0 atom stereocenters. The maximum absolute atomic E-state index is 14.0. The van der Waals surface area contributed by atoms with Gasteiger partial charge in [0.1, 0.15) is 23.9 Å². The minimum Gasteiger partial charge on any atom is -0.508 e. The van der Waals surface area contributed by atoms with E-state index in [1.165, 1.54) is 63.0 Å². The predicted octanol–water partition coefficient (Wildman–Crippen LogP) is 14.1. The van der Waals surface area contributed by atoms with Crippen LogP contribution in [-0.4, -0.2) is 93.2 Å². The van der Waals surface area contributed by atoms with Gasteiger partial charge < -0.3 is 29.0 Å². The summed E-state index contributed by atoms with van der Waals surface area (Å²) in [6.45, 7) is 11.9. The van der Waals surface area contributed by atoms with E-state index in [-0.39, 0.29) is 17.3 Å². The number of phenolic OH excluding ortho intramolecular Hbond substituents is 1. The molecule has 4 heterocycles. The first kappa shape index (κ1) is 51.7. The highest BCUT2D eigenvalue weighted by Crippen LogP contribution is 2.44. The lowest BCUT2D eigenvalue weighted by atomic mass is 9.97. The highest BCUT2D eigenvalue weighted by molar-refractivity contribution is 7.23. The van der Waals surface area contributed by atoms with Gasteiger partial charge in [-0.25, -0.2) is 0 Å². The first-order chi connectivity index (χ1) is 36.2. The third-order valence-corrected chi connectivity index (χ3v) is 16.1. The van der Waals surface area contributed by atoms with Gasteiger partial charge in [0.15, 0.2) is 23.1 Å². The number of fused-ring (bicyclic) bond motifs is 2. The van der Waals surface area contributed by atoms with Crippen LogP contribution in [0.3, 0.4) is 0 Å². The van der Waals surface area contributed by atoms with Crippen LogP contribution in [0.25, 0.3) is 47.1 Å². The Morgan fingerprint density at radius 1 is 0.608 bits per heavy atom. The standard InChI is InChI=1S/C32H33NO4S.C31H29NO3S/c1-4-22-8-14-26-29(20-22)38-32(24-11-15-27(35-2)28(21-24)36-3)30(26)31(34)23-9-12-25(13-10-23)37-19-18-33-16-6-5-7-17-33;1-2-22-7-16-27-28(21-22)36-31(24-8-12-25(33)13-9-24)29(27)30(34)23-10-14-26(15-11-23)35-20-6-19-32-17-4-3-5-18-32/h4,8-15,20-21H,1,5-7,16-19H2,2-3H3;1,7-16,21,33H,3-6,17-20H2. The Morgan fingerprint density at radius 2 is 1.14 bits per heavy atom. The molecule has 0 radical (unpaired) electrons. The SMILES string of the molecule is C#Cc1ccc2c(C(=O)c3ccc(OCCCN4CCCCC4)cc3)c(-c3ccc(O)cc3)sc2c1.C=Cc1ccc2c(C(=O)c3ccc(OCCN4CCCCC4)cc3)c(-c3ccc(OC)c(OC)c3)sc2c1. The predicted molar refractivity (Wildman–Crippen MR) is 303 cm³/mol. The fourth-order valence-electron chi connectivity index (χ4n) is 9.70. The van der Waals surface area contributed by atoms with Gasteiger partial charge >= 0.3 is 0 Å². The summed E-state index contributed by atoms with van der Waals surface area (Å²) in [6.07, 6.45) is 16.2. The molecule has 2 aliphatic heterocycles. The van der Waals surface area contributed by atoms with Crippen LogP contribution in [0.15, 0.2) is 134 Å². The second kappa shape index (κ2) is 24.7. The topological polar surface area (TPSA) is 97.8 Å². The van der Waals surface area contributed by atoms with Crippen LogP contribution >= 0.6 is 22.7 Å². The van der Waals surface area contributed by atoms with Gasteiger partial charge in [-0.3, -0.25) is 14.5 Å². The van der Waals surface area contributed by atoms with Gasteiger partial charge in [-0.05, 0) is 184 Å². The number of ether oxygens (including phenoxy) is 4. The van der Waals surface area contributed by atoms with Crippen molar-refractivity contribution < 1.29 is 33.6 Å². The van der Waals surface area contributed by atoms with Crippen LogP contribution in [-0.2, 0) is 0 Å². The third-order valence-electron chi connectivity index (χ3n) is 13.7. The number of aromatic hydroxyl groups is 1. The Balaban J connectivity index is 0.000000182. The number of carbonyl (C=O) groups excluding carboxylic acids is 2. The molecule has 2 aromatic heterocycles. The van der Waals surface area contributed by atoms with E-state index in [4.69, 9.17) is 25.4 Å². The number of likely N-dealkylation sites (tertiary alicyclic amines) is 2. The van der Waals surface area contributed by atoms with Crippen molar-refractivity contribution in [3.05, 3.63) is 167 Å². The number of ketones is 2. The van der Waals surface area contributed by atoms with Crippen LogP contribution in [0, 0.1) is 12.3 Å². The van der Waals surface area contributed by atoms with Crippen LogP contribution in [0.2, 0.25) is 0 Å². The number of rotatable bonds is 18. The molecule has 2 fully saturated rings. The van der Waals surface area contributed by atoms with Crippen LogP contribution < -0.4 is 18.9 Å². The molecule has 0 bridgehead atoms. The van der Waals surface area contributed by atoms with Crippen LogP contribution in [0.1, 0.15) is 87.9 Å². The van der Waals surface area contributed by atoms with Gasteiger partial charge in [0.2, 0.25) is 0 Å². The molecule has 74 heavy (non-hydrogen) atoms. The van der Waals surface area contributed by atoms with Crippen molar-refractivity contribution in [3.63, 3.8) is 0 Å². The van der Waals surface area contributed by atoms with Crippen molar-refractivity contribution in [3.8, 4) is 62.0 Å². The van der Waals surface area contributed by atoms with Crippen molar-refractivity contribution in [2.24, 2.45) is 0 Å². The summed E-state index contributed by atoms with van der Waals surface area (Å²) >= 11 is 3.13. The van der Waals surface area contributed by atoms with Gasteiger partial charge in [0, 0.05) is 70.8 Å². The lowest BCUT2D eigenvalue weighted by Gasteiger charge is -2.26. The largest absolute Gasteiger partial charge is 0.508 e. The van der Waals surface area contributed by atoms with Crippen molar-refractivity contribution in [1.82, 2.24) is 9.80 Å². The van der Waals surface area contributed by atoms with E-state index in [1.807, 2.05) is 115 Å². The molecule has 10 rings (SSSR count). The highest BCUT2D eigenvalue weighted by atomic mass is 32.1. The number of thiophene rings is 2. The minimum absolute atomic E-state index is 0.0211. The number of carbonyl (C=O) groups is 2. The molecule has 0 aliphatic carbocycles. The molecular weight excluding hydrogens is 961 g/mol. The summed E-state index contributed by atoms with van der Waals surface area (Å²) in [4.78, 5) is 34.4. The van der Waals surface area contributed by atoms with E-state index in [0.29, 0.717) is 47.0 Å². The number of phenols is 1. The summed E-state index contributed by atoms with van der Waals surface area (Å²) in [5.41, 5.74) is 6.16. The fourth-order valence-corrected chi connectivity index (χ4v) is 12.2. The summed E-state index contributed by atoms with van der Waals surface area (Å²) in [7, 11) is 3.23. The number of nitrogens with zero attached hydrogens (tertiary/aromatic N) is 2. The number of methoxy groups -OCH3 is 2. The Bertz CT molecular complexity index is 3270. The zero-order valence-corrected chi connectivity index (χ0v) is 43.8. The quantitative estimate of drug-likeness (QED) is 0.0512. The highest BCUT2D eigenvalue weighted by Gasteiger charge is 2.24.